The van der Waals surface area contributed by atoms with Gasteiger partial charge in [0.25, 0.3) is 0 Å². The van der Waals surface area contributed by atoms with Crippen molar-refractivity contribution in [2.24, 2.45) is 0 Å². The molecule has 1 aliphatic rings. The highest BCUT2D eigenvalue weighted by Crippen LogP contribution is 2.24. The average molecular weight is 394 g/mol. The first-order valence-corrected chi connectivity index (χ1v) is 10.5. The second-order valence-electron chi connectivity index (χ2n) is 7.73. The van der Waals surface area contributed by atoms with Crippen LogP contribution in [0.2, 0.25) is 0 Å². The second kappa shape index (κ2) is 10.2. The van der Waals surface area contributed by atoms with Gasteiger partial charge in [-0.15, -0.1) is 0 Å². The van der Waals surface area contributed by atoms with Crippen molar-refractivity contribution in [2.75, 3.05) is 18.4 Å². The van der Waals surface area contributed by atoms with E-state index in [1.54, 1.807) is 0 Å². The first kappa shape index (κ1) is 21.1. The van der Waals surface area contributed by atoms with Gasteiger partial charge in [-0.2, -0.15) is 0 Å². The van der Waals surface area contributed by atoms with Gasteiger partial charge in [0.1, 0.15) is 0 Å². The van der Waals surface area contributed by atoms with Gasteiger partial charge < -0.3 is 15.5 Å². The van der Waals surface area contributed by atoms with Crippen LogP contribution in [0.3, 0.4) is 0 Å². The van der Waals surface area contributed by atoms with Crippen molar-refractivity contribution < 1.29 is 9.59 Å². The summed E-state index contributed by atoms with van der Waals surface area (Å²) in [6, 6.07) is 18.4. The van der Waals surface area contributed by atoms with Crippen LogP contribution in [0.5, 0.6) is 0 Å². The molecule has 0 aliphatic carbocycles. The second-order valence-corrected chi connectivity index (χ2v) is 7.73. The molecule has 1 unspecified atom stereocenters. The summed E-state index contributed by atoms with van der Waals surface area (Å²) in [6.45, 7) is 6.00. The molecule has 0 bridgehead atoms. The third-order valence-corrected chi connectivity index (χ3v) is 5.58. The van der Waals surface area contributed by atoms with Crippen molar-refractivity contribution in [3.8, 4) is 0 Å². The minimum atomic E-state index is -0.0604. The molecule has 1 fully saturated rings. The largest absolute Gasteiger partial charge is 0.342 e. The number of nitrogens with one attached hydrogen (secondary N) is 2. The summed E-state index contributed by atoms with van der Waals surface area (Å²) in [5, 5.41) is 6.39. The number of amides is 2. The molecule has 0 spiro atoms. The van der Waals surface area contributed by atoms with E-state index in [4.69, 9.17) is 0 Å². The van der Waals surface area contributed by atoms with Gasteiger partial charge in [-0.05, 0) is 42.5 Å². The molecule has 154 valence electrons. The summed E-state index contributed by atoms with van der Waals surface area (Å²) in [6.07, 6.45) is 2.78. The molecular formula is C24H31N3O2. The molecule has 3 rings (SSSR count). The highest BCUT2D eigenvalue weighted by atomic mass is 16.2. The Hall–Kier alpha value is -2.66. The first-order valence-electron chi connectivity index (χ1n) is 10.5. The van der Waals surface area contributed by atoms with E-state index in [0.717, 1.165) is 50.1 Å². The van der Waals surface area contributed by atoms with Crippen molar-refractivity contribution in [3.63, 3.8) is 0 Å². The van der Waals surface area contributed by atoms with Gasteiger partial charge in [0, 0.05) is 38.3 Å². The van der Waals surface area contributed by atoms with E-state index < -0.39 is 0 Å². The van der Waals surface area contributed by atoms with E-state index >= 15 is 0 Å². The number of anilines is 1. The fraction of sp³-hybridized carbons (Fsp3) is 0.417. The third kappa shape index (κ3) is 5.91. The molecule has 1 atom stereocenters. The molecule has 0 saturated carbocycles. The molecule has 2 N–H and O–H groups in total. The SMILES string of the molecule is CCC(C(=O)N1CCC(NCc2ccc(NC(C)=O)cc2)CC1)c1ccccc1. The summed E-state index contributed by atoms with van der Waals surface area (Å²) in [7, 11) is 0. The maximum atomic E-state index is 13.0. The van der Waals surface area contributed by atoms with Gasteiger partial charge >= 0.3 is 0 Å². The summed E-state index contributed by atoms with van der Waals surface area (Å²) in [5.74, 6) is 0.156. The zero-order valence-electron chi connectivity index (χ0n) is 17.4. The van der Waals surface area contributed by atoms with Crippen LogP contribution in [-0.4, -0.2) is 35.8 Å². The zero-order valence-corrected chi connectivity index (χ0v) is 17.4. The molecule has 0 aromatic heterocycles. The van der Waals surface area contributed by atoms with Crippen LogP contribution in [0.25, 0.3) is 0 Å². The number of nitrogens with zero attached hydrogens (tertiary/aromatic N) is 1. The van der Waals surface area contributed by atoms with Crippen LogP contribution in [0.1, 0.15) is 50.2 Å². The minimum Gasteiger partial charge on any atom is -0.342 e. The highest BCUT2D eigenvalue weighted by Gasteiger charge is 2.28. The molecule has 1 aliphatic heterocycles. The zero-order chi connectivity index (χ0) is 20.6. The molecule has 5 nitrogen and oxygen atoms in total. The predicted molar refractivity (Wildman–Crippen MR) is 117 cm³/mol. The maximum absolute atomic E-state index is 13.0. The molecule has 2 aromatic carbocycles. The van der Waals surface area contributed by atoms with Crippen LogP contribution >= 0.6 is 0 Å². The van der Waals surface area contributed by atoms with Crippen molar-refractivity contribution >= 4 is 17.5 Å². The number of rotatable bonds is 7. The van der Waals surface area contributed by atoms with Crippen molar-refractivity contribution in [3.05, 3.63) is 65.7 Å². The fourth-order valence-corrected chi connectivity index (χ4v) is 3.93. The molecule has 1 heterocycles. The van der Waals surface area contributed by atoms with E-state index in [1.165, 1.54) is 12.5 Å². The Labute approximate surface area is 173 Å². The monoisotopic (exact) mass is 393 g/mol. The molecular weight excluding hydrogens is 362 g/mol. The Morgan fingerprint density at radius 1 is 1.03 bits per heavy atom. The normalized spacial score (nSPS) is 15.7. The average Bonchev–Trinajstić information content (AvgIpc) is 2.74. The van der Waals surface area contributed by atoms with Crippen molar-refractivity contribution in [1.82, 2.24) is 10.2 Å². The Bertz CT molecular complexity index is 797. The lowest BCUT2D eigenvalue weighted by Gasteiger charge is -2.34. The Morgan fingerprint density at radius 2 is 1.69 bits per heavy atom. The number of hydrogen-bond donors (Lipinski definition) is 2. The highest BCUT2D eigenvalue weighted by molar-refractivity contribution is 5.88. The molecule has 5 heteroatoms. The quantitative estimate of drug-likeness (QED) is 0.749. The minimum absolute atomic E-state index is 0.0390. The standard InChI is InChI=1S/C24H31N3O2/c1-3-23(20-7-5-4-6-8-20)24(29)27-15-13-21(14-16-27)25-17-19-9-11-22(12-10-19)26-18(2)28/h4-12,21,23,25H,3,13-17H2,1-2H3,(H,26,28). The topological polar surface area (TPSA) is 61.4 Å². The number of carbonyl (C=O) groups is 2. The van der Waals surface area contributed by atoms with E-state index in [9.17, 15) is 9.59 Å². The molecule has 29 heavy (non-hydrogen) atoms. The van der Waals surface area contributed by atoms with Gasteiger partial charge in [0.2, 0.25) is 11.8 Å². The van der Waals surface area contributed by atoms with Crippen LogP contribution in [0.4, 0.5) is 5.69 Å². The van der Waals surface area contributed by atoms with Gasteiger partial charge in [0.15, 0.2) is 0 Å². The molecule has 2 aromatic rings. The molecule has 1 saturated heterocycles. The Balaban J connectivity index is 1.46. The molecule has 2 amide bonds. The Kier molecular flexibility index (Phi) is 7.42. The van der Waals surface area contributed by atoms with Crippen LogP contribution in [-0.2, 0) is 16.1 Å². The van der Waals surface area contributed by atoms with Crippen LogP contribution in [0, 0.1) is 0 Å². The lowest BCUT2D eigenvalue weighted by Crippen LogP contribution is -2.46. The van der Waals surface area contributed by atoms with Crippen molar-refractivity contribution in [1.29, 1.82) is 0 Å². The van der Waals surface area contributed by atoms with E-state index in [-0.39, 0.29) is 17.7 Å². The summed E-state index contributed by atoms with van der Waals surface area (Å²) >= 11 is 0. The lowest BCUT2D eigenvalue weighted by atomic mass is 9.93. The van der Waals surface area contributed by atoms with Gasteiger partial charge in [-0.3, -0.25) is 9.59 Å². The molecule has 0 radical (unpaired) electrons. The fourth-order valence-electron chi connectivity index (χ4n) is 3.93. The number of carbonyl (C=O) groups excluding carboxylic acids is 2. The van der Waals surface area contributed by atoms with E-state index in [2.05, 4.69) is 29.7 Å². The van der Waals surface area contributed by atoms with E-state index in [1.807, 2.05) is 47.4 Å². The maximum Gasteiger partial charge on any atom is 0.230 e. The van der Waals surface area contributed by atoms with E-state index in [0.29, 0.717) is 6.04 Å². The van der Waals surface area contributed by atoms with Gasteiger partial charge in [0.05, 0.1) is 5.92 Å². The number of hydrogen-bond acceptors (Lipinski definition) is 3. The smallest absolute Gasteiger partial charge is 0.230 e. The number of benzene rings is 2. The van der Waals surface area contributed by atoms with Crippen LogP contribution in [0.15, 0.2) is 54.6 Å². The van der Waals surface area contributed by atoms with Crippen molar-refractivity contribution in [2.45, 2.75) is 51.6 Å². The Morgan fingerprint density at radius 3 is 2.28 bits per heavy atom. The lowest BCUT2D eigenvalue weighted by molar-refractivity contribution is -0.134. The van der Waals surface area contributed by atoms with Gasteiger partial charge in [-0.25, -0.2) is 0 Å². The first-order chi connectivity index (χ1) is 14.1. The summed E-state index contributed by atoms with van der Waals surface area (Å²) in [4.78, 5) is 26.1. The predicted octanol–water partition coefficient (Wildman–Crippen LogP) is 3.92. The van der Waals surface area contributed by atoms with Gasteiger partial charge in [-0.1, -0.05) is 49.4 Å². The number of likely N-dealkylation sites (tertiary alicyclic amines) is 1. The summed E-state index contributed by atoms with van der Waals surface area (Å²) in [5.41, 5.74) is 3.12. The summed E-state index contributed by atoms with van der Waals surface area (Å²) < 4.78 is 0. The number of piperidine rings is 1. The van der Waals surface area contributed by atoms with Crippen LogP contribution < -0.4 is 10.6 Å². The third-order valence-electron chi connectivity index (χ3n) is 5.58.